The minimum absolute atomic E-state index is 0.200. The Morgan fingerprint density at radius 3 is 2.74 bits per heavy atom. The van der Waals surface area contributed by atoms with Gasteiger partial charge >= 0.3 is 0 Å². The van der Waals surface area contributed by atoms with Crippen LogP contribution < -0.4 is 5.56 Å². The highest BCUT2D eigenvalue weighted by molar-refractivity contribution is 5.59. The fourth-order valence-electron chi connectivity index (χ4n) is 2.92. The van der Waals surface area contributed by atoms with Crippen LogP contribution in [0.1, 0.15) is 50.2 Å². The maximum Gasteiger partial charge on any atom is 0.284 e. The number of aromatic nitrogens is 4. The van der Waals surface area contributed by atoms with Gasteiger partial charge in [0.05, 0.1) is 6.04 Å². The Balaban J connectivity index is 2.20. The SMILES string of the molecule is CCc1[nH]n(C2CCCC2)c2nc(CO)nc(=O)c1-2. The Hall–Kier alpha value is -1.69. The molecule has 0 aromatic rings. The van der Waals surface area contributed by atoms with E-state index in [1.54, 1.807) is 0 Å². The van der Waals surface area contributed by atoms with Crippen LogP contribution in [0, 0.1) is 0 Å². The first-order valence-electron chi connectivity index (χ1n) is 6.85. The number of nitrogens with zero attached hydrogens (tertiary/aromatic N) is 3. The highest BCUT2D eigenvalue weighted by Crippen LogP contribution is 2.33. The fraction of sp³-hybridized carbons (Fsp3) is 0.615. The van der Waals surface area contributed by atoms with Crippen LogP contribution >= 0.6 is 0 Å². The molecule has 0 spiro atoms. The van der Waals surface area contributed by atoms with E-state index in [0.717, 1.165) is 25.0 Å². The van der Waals surface area contributed by atoms with E-state index >= 15 is 0 Å². The van der Waals surface area contributed by atoms with Crippen molar-refractivity contribution in [1.82, 2.24) is 19.7 Å². The number of hydrogen-bond acceptors (Lipinski definition) is 4. The second-order valence-electron chi connectivity index (χ2n) is 5.05. The molecule has 0 aromatic carbocycles. The Labute approximate surface area is 110 Å². The van der Waals surface area contributed by atoms with Crippen LogP contribution in [0.4, 0.5) is 0 Å². The summed E-state index contributed by atoms with van der Waals surface area (Å²) in [7, 11) is 0. The lowest BCUT2D eigenvalue weighted by Gasteiger charge is -2.13. The zero-order chi connectivity index (χ0) is 13.4. The minimum atomic E-state index is -0.303. The summed E-state index contributed by atoms with van der Waals surface area (Å²) < 4.78 is 2.00. The van der Waals surface area contributed by atoms with Gasteiger partial charge in [-0.1, -0.05) is 19.8 Å². The fourth-order valence-corrected chi connectivity index (χ4v) is 2.92. The molecule has 1 fully saturated rings. The van der Waals surface area contributed by atoms with Crippen molar-refractivity contribution in [3.63, 3.8) is 0 Å². The molecule has 0 bridgehead atoms. The number of rotatable bonds is 3. The van der Waals surface area contributed by atoms with Gasteiger partial charge in [0.25, 0.3) is 5.56 Å². The van der Waals surface area contributed by atoms with Crippen molar-refractivity contribution < 1.29 is 5.11 Å². The smallest absolute Gasteiger partial charge is 0.284 e. The number of nitrogens with one attached hydrogen (secondary N) is 1. The van der Waals surface area contributed by atoms with Crippen LogP contribution in [0.25, 0.3) is 11.4 Å². The molecule has 2 aliphatic heterocycles. The van der Waals surface area contributed by atoms with Crippen molar-refractivity contribution in [2.75, 3.05) is 0 Å². The predicted molar refractivity (Wildman–Crippen MR) is 70.1 cm³/mol. The zero-order valence-corrected chi connectivity index (χ0v) is 11.0. The normalized spacial score (nSPS) is 16.5. The van der Waals surface area contributed by atoms with Crippen molar-refractivity contribution >= 4 is 0 Å². The molecule has 3 aliphatic rings. The van der Waals surface area contributed by atoms with Gasteiger partial charge in [-0.25, -0.2) is 4.98 Å². The number of fused-ring (bicyclic) bond motifs is 1. The monoisotopic (exact) mass is 262 g/mol. The molecular weight excluding hydrogens is 244 g/mol. The molecule has 0 aromatic heterocycles. The summed E-state index contributed by atoms with van der Waals surface area (Å²) in [5.41, 5.74) is 1.17. The van der Waals surface area contributed by atoms with Crippen molar-refractivity contribution in [2.24, 2.45) is 0 Å². The van der Waals surface area contributed by atoms with E-state index in [0.29, 0.717) is 17.4 Å². The number of aryl methyl sites for hydroxylation is 1. The molecule has 3 rings (SSSR count). The van der Waals surface area contributed by atoms with Gasteiger partial charge in [-0.3, -0.25) is 14.6 Å². The van der Waals surface area contributed by atoms with E-state index in [9.17, 15) is 4.79 Å². The third-order valence-electron chi connectivity index (χ3n) is 3.87. The summed E-state index contributed by atoms with van der Waals surface area (Å²) in [5, 5.41) is 12.5. The third kappa shape index (κ3) is 1.96. The minimum Gasteiger partial charge on any atom is -0.388 e. The quantitative estimate of drug-likeness (QED) is 0.871. The molecule has 0 unspecified atom stereocenters. The molecule has 0 amide bonds. The van der Waals surface area contributed by atoms with E-state index < -0.39 is 0 Å². The molecule has 1 saturated carbocycles. The largest absolute Gasteiger partial charge is 0.388 e. The molecule has 102 valence electrons. The van der Waals surface area contributed by atoms with Gasteiger partial charge in [-0.15, -0.1) is 0 Å². The standard InChI is InChI=1S/C13H18N4O2/c1-2-9-11-12(14-10(7-18)15-13(11)19)17(16-9)8-5-3-4-6-8/h8,16,18H,2-7H2,1H3. The first-order valence-corrected chi connectivity index (χ1v) is 6.85. The molecule has 0 radical (unpaired) electrons. The summed E-state index contributed by atoms with van der Waals surface area (Å²) >= 11 is 0. The van der Waals surface area contributed by atoms with Crippen LogP contribution in [0.5, 0.6) is 0 Å². The Kier molecular flexibility index (Phi) is 3.10. The van der Waals surface area contributed by atoms with Gasteiger partial charge in [-0.2, -0.15) is 4.98 Å². The zero-order valence-electron chi connectivity index (χ0n) is 11.0. The van der Waals surface area contributed by atoms with Gasteiger partial charge in [0.1, 0.15) is 12.2 Å². The van der Waals surface area contributed by atoms with Crippen LogP contribution in [-0.2, 0) is 13.0 Å². The molecule has 0 saturated heterocycles. The van der Waals surface area contributed by atoms with E-state index in [4.69, 9.17) is 5.11 Å². The topological polar surface area (TPSA) is 83.8 Å². The van der Waals surface area contributed by atoms with Crippen LogP contribution in [-0.4, -0.2) is 24.9 Å². The molecule has 0 atom stereocenters. The maximum absolute atomic E-state index is 12.1. The first-order chi connectivity index (χ1) is 9.24. The third-order valence-corrected chi connectivity index (χ3v) is 3.87. The summed E-state index contributed by atoms with van der Waals surface area (Å²) in [5.74, 6) is 0.846. The molecule has 6 heteroatoms. The number of H-pyrrole nitrogens is 1. The van der Waals surface area contributed by atoms with E-state index in [-0.39, 0.29) is 18.0 Å². The van der Waals surface area contributed by atoms with Gasteiger partial charge in [0.15, 0.2) is 11.6 Å². The molecule has 2 N–H and O–H groups in total. The van der Waals surface area contributed by atoms with Gasteiger partial charge in [-0.05, 0) is 19.3 Å². The molecule has 19 heavy (non-hydrogen) atoms. The van der Waals surface area contributed by atoms with E-state index in [2.05, 4.69) is 15.1 Å². The van der Waals surface area contributed by atoms with Crippen molar-refractivity contribution in [3.05, 3.63) is 21.9 Å². The van der Waals surface area contributed by atoms with Gasteiger partial charge in [0, 0.05) is 5.69 Å². The Morgan fingerprint density at radius 2 is 2.11 bits per heavy atom. The van der Waals surface area contributed by atoms with E-state index in [1.165, 1.54) is 12.8 Å². The number of aromatic amines is 1. The summed E-state index contributed by atoms with van der Waals surface area (Å²) in [4.78, 5) is 20.2. The molecule has 1 aliphatic carbocycles. The van der Waals surface area contributed by atoms with E-state index in [1.807, 2.05) is 11.6 Å². The Morgan fingerprint density at radius 1 is 1.37 bits per heavy atom. The highest BCUT2D eigenvalue weighted by Gasteiger charge is 2.27. The van der Waals surface area contributed by atoms with Gasteiger partial charge < -0.3 is 5.11 Å². The summed E-state index contributed by atoms with van der Waals surface area (Å²) in [6.07, 6.45) is 5.38. The van der Waals surface area contributed by atoms with Crippen LogP contribution in [0.15, 0.2) is 4.79 Å². The Bertz CT molecular complexity index is 610. The van der Waals surface area contributed by atoms with Crippen molar-refractivity contribution in [2.45, 2.75) is 51.7 Å². The summed E-state index contributed by atoms with van der Waals surface area (Å²) in [6.45, 7) is 1.70. The lowest BCUT2D eigenvalue weighted by atomic mass is 10.2. The number of hydrogen-bond donors (Lipinski definition) is 2. The number of aliphatic hydroxyl groups excluding tert-OH is 1. The maximum atomic E-state index is 12.1. The predicted octanol–water partition coefficient (Wildman–Crippen LogP) is 1.24. The summed E-state index contributed by atoms with van der Waals surface area (Å²) in [6, 6.07) is 0.378. The van der Waals surface area contributed by atoms with Crippen molar-refractivity contribution in [1.29, 1.82) is 0 Å². The second-order valence-corrected chi connectivity index (χ2v) is 5.05. The van der Waals surface area contributed by atoms with Gasteiger partial charge in [0.2, 0.25) is 0 Å². The average Bonchev–Trinajstić information content (AvgIpc) is 3.04. The lowest BCUT2D eigenvalue weighted by Crippen LogP contribution is -2.18. The molecular formula is C13H18N4O2. The van der Waals surface area contributed by atoms with Crippen LogP contribution in [0.2, 0.25) is 0 Å². The lowest BCUT2D eigenvalue weighted by molar-refractivity contribution is 0.270. The van der Waals surface area contributed by atoms with Crippen molar-refractivity contribution in [3.8, 4) is 11.4 Å². The molecule has 2 heterocycles. The second kappa shape index (κ2) is 4.77. The highest BCUT2D eigenvalue weighted by atomic mass is 16.3. The number of aliphatic hydroxyl groups is 1. The first kappa shape index (κ1) is 12.3. The molecule has 6 nitrogen and oxygen atoms in total. The average molecular weight is 262 g/mol. The van der Waals surface area contributed by atoms with Crippen LogP contribution in [0.3, 0.4) is 0 Å².